The van der Waals surface area contributed by atoms with E-state index in [9.17, 15) is 27.6 Å². The Morgan fingerprint density at radius 2 is 1.80 bits per heavy atom. The third kappa shape index (κ3) is 9.10. The van der Waals surface area contributed by atoms with Crippen molar-refractivity contribution in [2.24, 2.45) is 5.92 Å². The molecule has 0 saturated carbocycles. The number of ether oxygens (including phenoxy) is 1. The Balaban J connectivity index is 2.04. The summed E-state index contributed by atoms with van der Waals surface area (Å²) in [6, 6.07) is 8.05. The van der Waals surface area contributed by atoms with E-state index >= 15 is 0 Å². The highest BCUT2D eigenvalue weighted by Crippen LogP contribution is 2.32. The van der Waals surface area contributed by atoms with Crippen LogP contribution in [0.15, 0.2) is 41.3 Å². The van der Waals surface area contributed by atoms with E-state index in [0.29, 0.717) is 30.4 Å². The molecule has 14 heteroatoms. The van der Waals surface area contributed by atoms with Gasteiger partial charge >= 0.3 is 5.97 Å². The topological polar surface area (TPSA) is 154 Å². The number of hydrogen-bond donors (Lipinski definition) is 3. The number of anilines is 1. The van der Waals surface area contributed by atoms with Crippen LogP contribution in [0.2, 0.25) is 0 Å². The third-order valence-electron chi connectivity index (χ3n) is 8.08. The van der Waals surface area contributed by atoms with Crippen LogP contribution in [-0.4, -0.2) is 101 Å². The predicted molar refractivity (Wildman–Crippen MR) is 177 cm³/mol. The van der Waals surface area contributed by atoms with E-state index in [0.717, 1.165) is 15.4 Å². The second-order valence-corrected chi connectivity index (χ2v) is 14.3. The maximum Gasteiger partial charge on any atom is 0.328 e. The summed E-state index contributed by atoms with van der Waals surface area (Å²) in [5.41, 5.74) is 0.826. The number of methoxy groups -OCH3 is 1. The smallest absolute Gasteiger partial charge is 0.328 e. The van der Waals surface area contributed by atoms with Gasteiger partial charge in [-0.2, -0.15) is 16.1 Å². The van der Waals surface area contributed by atoms with Gasteiger partial charge in [0.15, 0.2) is 0 Å². The van der Waals surface area contributed by atoms with Gasteiger partial charge in [-0.05, 0) is 42.9 Å². The molecule has 1 fully saturated rings. The van der Waals surface area contributed by atoms with Gasteiger partial charge in [-0.25, -0.2) is 13.2 Å². The fraction of sp³-hybridized carbons (Fsp3) is 0.548. The Hall–Kier alpha value is -3.36. The summed E-state index contributed by atoms with van der Waals surface area (Å²) in [5, 5.41) is 9.45. The SMILES string of the molecule is CC[C@H](C)[C@@H](CN(CC(=O)N[C@@H](CCSC)C(=O)OC)S(=O)(=O)c1cccc2c(N(C)C)cccc12)NC(=O)[C@@H]1CCC(=O)N1. The summed E-state index contributed by atoms with van der Waals surface area (Å²) in [5.74, 6) is -1.53. The van der Waals surface area contributed by atoms with Crippen molar-refractivity contribution < 1.29 is 32.3 Å². The number of sulfonamides is 1. The molecule has 1 saturated heterocycles. The standard InChI is InChI=1S/C31H45N5O7S2/c1-7-20(2)25(34-30(39)23-14-15-28(37)32-23)18-36(19-29(38)33-24(16-17-44-6)31(40)43-5)45(41,42)27-13-9-10-21-22(27)11-8-12-26(21)35(3)4/h8-13,20,23-25H,7,14-19H2,1-6H3,(H,32,37)(H,33,38)(H,34,39)/t20-,23-,24-,25+/m0/s1. The first-order valence-electron chi connectivity index (χ1n) is 15.0. The molecule has 3 rings (SSSR count). The lowest BCUT2D eigenvalue weighted by Gasteiger charge is -2.32. The van der Waals surface area contributed by atoms with Gasteiger partial charge in [0.05, 0.1) is 18.6 Å². The lowest BCUT2D eigenvalue weighted by molar-refractivity contribution is -0.145. The van der Waals surface area contributed by atoms with Gasteiger partial charge < -0.3 is 25.6 Å². The summed E-state index contributed by atoms with van der Waals surface area (Å²) in [6.07, 6.45) is 3.37. The van der Waals surface area contributed by atoms with Crippen molar-refractivity contribution in [1.29, 1.82) is 0 Å². The second-order valence-electron chi connectivity index (χ2n) is 11.4. The van der Waals surface area contributed by atoms with Gasteiger partial charge in [0.1, 0.15) is 12.1 Å². The van der Waals surface area contributed by atoms with Gasteiger partial charge in [-0.1, -0.05) is 44.5 Å². The molecule has 2 aromatic rings. The highest BCUT2D eigenvalue weighted by Gasteiger charge is 2.35. The minimum atomic E-state index is -4.33. The van der Waals surface area contributed by atoms with Crippen LogP contribution in [0.5, 0.6) is 0 Å². The Bertz CT molecular complexity index is 1480. The van der Waals surface area contributed by atoms with E-state index in [4.69, 9.17) is 4.74 Å². The molecular formula is C31H45N5O7S2. The van der Waals surface area contributed by atoms with Crippen molar-refractivity contribution in [1.82, 2.24) is 20.3 Å². The number of nitrogens with zero attached hydrogens (tertiary/aromatic N) is 2. The maximum atomic E-state index is 14.5. The lowest BCUT2D eigenvalue weighted by Crippen LogP contribution is -2.55. The van der Waals surface area contributed by atoms with Crippen molar-refractivity contribution in [2.45, 2.75) is 62.6 Å². The van der Waals surface area contributed by atoms with Crippen LogP contribution in [0.25, 0.3) is 10.8 Å². The highest BCUT2D eigenvalue weighted by molar-refractivity contribution is 7.98. The zero-order valence-corrected chi connectivity index (χ0v) is 28.4. The molecule has 12 nitrogen and oxygen atoms in total. The Morgan fingerprint density at radius 1 is 1.11 bits per heavy atom. The molecular weight excluding hydrogens is 619 g/mol. The summed E-state index contributed by atoms with van der Waals surface area (Å²) in [7, 11) is 0.634. The number of amides is 3. The Labute approximate surface area is 270 Å². The average Bonchev–Trinajstić information content (AvgIpc) is 3.46. The first-order chi connectivity index (χ1) is 21.3. The first kappa shape index (κ1) is 36.1. The number of thioether (sulfide) groups is 1. The minimum absolute atomic E-state index is 0.0145. The number of nitrogens with one attached hydrogen (secondary N) is 3. The van der Waals surface area contributed by atoms with Crippen molar-refractivity contribution in [3.63, 3.8) is 0 Å². The van der Waals surface area contributed by atoms with Crippen molar-refractivity contribution >= 4 is 61.9 Å². The minimum Gasteiger partial charge on any atom is -0.467 e. The number of rotatable bonds is 16. The van der Waals surface area contributed by atoms with E-state index in [1.54, 1.807) is 18.2 Å². The molecule has 2 aromatic carbocycles. The summed E-state index contributed by atoms with van der Waals surface area (Å²) in [4.78, 5) is 52.7. The number of fused-ring (bicyclic) bond motifs is 1. The predicted octanol–water partition coefficient (Wildman–Crippen LogP) is 2.12. The molecule has 45 heavy (non-hydrogen) atoms. The van der Waals surface area contributed by atoms with Crippen molar-refractivity contribution in [2.75, 3.05) is 51.2 Å². The number of carbonyl (C=O) groups is 4. The molecule has 1 aliphatic rings. The normalized spacial score (nSPS) is 17.0. The van der Waals surface area contributed by atoms with E-state index in [1.165, 1.54) is 24.9 Å². The average molecular weight is 664 g/mol. The Morgan fingerprint density at radius 3 is 2.40 bits per heavy atom. The number of hydrogen-bond acceptors (Lipinski definition) is 9. The maximum absolute atomic E-state index is 14.5. The van der Waals surface area contributed by atoms with Gasteiger partial charge in [0.25, 0.3) is 0 Å². The zero-order valence-electron chi connectivity index (χ0n) is 26.8. The lowest BCUT2D eigenvalue weighted by atomic mass is 9.98. The van der Waals surface area contributed by atoms with E-state index < -0.39 is 52.5 Å². The van der Waals surface area contributed by atoms with E-state index in [2.05, 4.69) is 16.0 Å². The third-order valence-corrected chi connectivity index (χ3v) is 10.6. The van der Waals surface area contributed by atoms with Gasteiger partial charge in [0, 0.05) is 49.6 Å². The van der Waals surface area contributed by atoms with Crippen LogP contribution in [0.3, 0.4) is 0 Å². The molecule has 0 unspecified atom stereocenters. The van der Waals surface area contributed by atoms with Crippen LogP contribution < -0.4 is 20.9 Å². The zero-order chi connectivity index (χ0) is 33.3. The fourth-order valence-corrected chi connectivity index (χ4v) is 7.36. The van der Waals surface area contributed by atoms with E-state index in [1.807, 2.05) is 51.2 Å². The van der Waals surface area contributed by atoms with E-state index in [-0.39, 0.29) is 29.7 Å². The molecule has 3 amide bonds. The second kappa shape index (κ2) is 16.3. The monoisotopic (exact) mass is 663 g/mol. The summed E-state index contributed by atoms with van der Waals surface area (Å²) in [6.45, 7) is 3.00. The quantitative estimate of drug-likeness (QED) is 0.229. The van der Waals surface area contributed by atoms with Crippen LogP contribution >= 0.6 is 11.8 Å². The first-order valence-corrected chi connectivity index (χ1v) is 17.8. The van der Waals surface area contributed by atoms with Gasteiger partial charge in [0.2, 0.25) is 27.7 Å². The molecule has 0 spiro atoms. The highest BCUT2D eigenvalue weighted by atomic mass is 32.2. The van der Waals surface area contributed by atoms with Crippen molar-refractivity contribution in [3.05, 3.63) is 36.4 Å². The summed E-state index contributed by atoms with van der Waals surface area (Å²) < 4.78 is 34.9. The van der Waals surface area contributed by atoms with Crippen LogP contribution in [0.4, 0.5) is 5.69 Å². The number of esters is 1. The Kier molecular flexibility index (Phi) is 13.1. The molecule has 3 N–H and O–H groups in total. The van der Waals surface area contributed by atoms with Crippen molar-refractivity contribution in [3.8, 4) is 0 Å². The molecule has 1 aliphatic heterocycles. The summed E-state index contributed by atoms with van der Waals surface area (Å²) >= 11 is 1.50. The fourth-order valence-electron chi connectivity index (χ4n) is 5.26. The van der Waals surface area contributed by atoms with Crippen LogP contribution in [-0.2, 0) is 33.9 Å². The van der Waals surface area contributed by atoms with Gasteiger partial charge in [-0.15, -0.1) is 0 Å². The molecule has 0 aromatic heterocycles. The molecule has 248 valence electrons. The van der Waals surface area contributed by atoms with Gasteiger partial charge in [-0.3, -0.25) is 14.4 Å². The molecule has 0 radical (unpaired) electrons. The number of benzene rings is 2. The van der Waals surface area contributed by atoms with Crippen LogP contribution in [0.1, 0.15) is 39.5 Å². The molecule has 1 heterocycles. The molecule has 0 bridgehead atoms. The molecule has 4 atom stereocenters. The largest absolute Gasteiger partial charge is 0.467 e. The van der Waals surface area contributed by atoms with Crippen LogP contribution in [0, 0.1) is 5.92 Å². The molecule has 0 aliphatic carbocycles. The number of carbonyl (C=O) groups excluding carboxylic acids is 4.